The van der Waals surface area contributed by atoms with Gasteiger partial charge in [-0.25, -0.2) is 0 Å². The molecule has 0 atom stereocenters. The zero-order valence-electron chi connectivity index (χ0n) is 13.1. The van der Waals surface area contributed by atoms with Crippen LogP contribution in [-0.4, -0.2) is 50.1 Å². The summed E-state index contributed by atoms with van der Waals surface area (Å²) >= 11 is 5.80. The summed E-state index contributed by atoms with van der Waals surface area (Å²) < 4.78 is 4.97. The summed E-state index contributed by atoms with van der Waals surface area (Å²) in [7, 11) is 1.63. The van der Waals surface area contributed by atoms with Crippen molar-refractivity contribution in [2.45, 2.75) is 19.8 Å². The molecular formula is C16H23ClN2O3. The fourth-order valence-electron chi connectivity index (χ4n) is 2.01. The number of rotatable bonds is 9. The second kappa shape index (κ2) is 10.2. The Bertz CT molecular complexity index is 477. The van der Waals surface area contributed by atoms with Crippen molar-refractivity contribution in [3.8, 4) is 0 Å². The topological polar surface area (TPSA) is 58.6 Å². The van der Waals surface area contributed by atoms with E-state index in [1.54, 1.807) is 24.1 Å². The highest BCUT2D eigenvalue weighted by Crippen LogP contribution is 2.09. The molecule has 0 aliphatic rings. The van der Waals surface area contributed by atoms with Gasteiger partial charge in [-0.2, -0.15) is 0 Å². The molecule has 0 aliphatic carbocycles. The van der Waals surface area contributed by atoms with Crippen molar-refractivity contribution in [1.82, 2.24) is 10.2 Å². The van der Waals surface area contributed by atoms with Crippen LogP contribution in [0.1, 0.15) is 18.9 Å². The second-order valence-corrected chi connectivity index (χ2v) is 5.44. The van der Waals surface area contributed by atoms with E-state index in [1.807, 2.05) is 12.1 Å². The number of amides is 2. The van der Waals surface area contributed by atoms with Crippen molar-refractivity contribution < 1.29 is 14.3 Å². The zero-order valence-corrected chi connectivity index (χ0v) is 13.9. The van der Waals surface area contributed by atoms with Crippen molar-refractivity contribution >= 4 is 23.4 Å². The Hall–Kier alpha value is -1.59. The van der Waals surface area contributed by atoms with E-state index < -0.39 is 0 Å². The molecule has 5 nitrogen and oxygen atoms in total. The molecule has 0 saturated carbocycles. The highest BCUT2D eigenvalue weighted by molar-refractivity contribution is 6.30. The van der Waals surface area contributed by atoms with Gasteiger partial charge in [-0.3, -0.25) is 9.59 Å². The zero-order chi connectivity index (χ0) is 16.4. The van der Waals surface area contributed by atoms with Gasteiger partial charge in [-0.1, -0.05) is 23.7 Å². The number of carbonyl (C=O) groups excluding carboxylic acids is 2. The van der Waals surface area contributed by atoms with Crippen molar-refractivity contribution in [2.75, 3.05) is 33.4 Å². The van der Waals surface area contributed by atoms with Gasteiger partial charge in [0.05, 0.1) is 6.42 Å². The average Bonchev–Trinajstić information content (AvgIpc) is 2.48. The molecule has 1 aromatic carbocycles. The van der Waals surface area contributed by atoms with Crippen LogP contribution in [0.4, 0.5) is 0 Å². The van der Waals surface area contributed by atoms with Gasteiger partial charge in [0.1, 0.15) is 0 Å². The lowest BCUT2D eigenvalue weighted by Gasteiger charge is -2.21. The first kappa shape index (κ1) is 18.5. The summed E-state index contributed by atoms with van der Waals surface area (Å²) in [6.45, 7) is 3.73. The quantitative estimate of drug-likeness (QED) is 0.705. The minimum atomic E-state index is -0.0669. The predicted octanol–water partition coefficient (Wildman–Crippen LogP) is 1.88. The van der Waals surface area contributed by atoms with Crippen LogP contribution >= 0.6 is 11.6 Å². The Morgan fingerprint density at radius 2 is 1.91 bits per heavy atom. The molecule has 0 fully saturated rings. The molecule has 1 N–H and O–H groups in total. The van der Waals surface area contributed by atoms with E-state index in [2.05, 4.69) is 5.32 Å². The molecule has 0 unspecified atom stereocenters. The molecule has 1 rings (SSSR count). The summed E-state index contributed by atoms with van der Waals surface area (Å²) in [6, 6.07) is 7.18. The first-order valence-electron chi connectivity index (χ1n) is 7.28. The van der Waals surface area contributed by atoms with Gasteiger partial charge < -0.3 is 15.0 Å². The molecule has 0 spiro atoms. The number of carbonyl (C=O) groups is 2. The number of benzene rings is 1. The van der Waals surface area contributed by atoms with Crippen LogP contribution in [-0.2, 0) is 20.7 Å². The molecule has 122 valence electrons. The molecule has 0 aliphatic heterocycles. The van der Waals surface area contributed by atoms with Gasteiger partial charge in [0.2, 0.25) is 11.8 Å². The van der Waals surface area contributed by atoms with Gasteiger partial charge in [-0.05, 0) is 24.1 Å². The van der Waals surface area contributed by atoms with Crippen LogP contribution in [0.25, 0.3) is 0 Å². The molecule has 22 heavy (non-hydrogen) atoms. The largest absolute Gasteiger partial charge is 0.385 e. The first-order valence-corrected chi connectivity index (χ1v) is 7.66. The third-order valence-corrected chi connectivity index (χ3v) is 3.46. The smallest absolute Gasteiger partial charge is 0.224 e. The van der Waals surface area contributed by atoms with Crippen LogP contribution in [0.15, 0.2) is 24.3 Å². The number of nitrogens with one attached hydrogen (secondary N) is 1. The Morgan fingerprint density at radius 3 is 2.50 bits per heavy atom. The first-order chi connectivity index (χ1) is 10.5. The number of hydrogen-bond acceptors (Lipinski definition) is 3. The third-order valence-electron chi connectivity index (χ3n) is 3.20. The summed E-state index contributed by atoms with van der Waals surface area (Å²) in [6.07, 6.45) is 1.09. The molecule has 0 aromatic heterocycles. The number of ether oxygens (including phenoxy) is 1. The van der Waals surface area contributed by atoms with Gasteiger partial charge >= 0.3 is 0 Å². The fraction of sp³-hybridized carbons (Fsp3) is 0.500. The minimum Gasteiger partial charge on any atom is -0.385 e. The van der Waals surface area contributed by atoms with E-state index in [0.29, 0.717) is 37.7 Å². The lowest BCUT2D eigenvalue weighted by Crippen LogP contribution is -2.38. The van der Waals surface area contributed by atoms with Crippen LogP contribution in [0.5, 0.6) is 0 Å². The predicted molar refractivity (Wildman–Crippen MR) is 86.9 cm³/mol. The average molecular weight is 327 g/mol. The van der Waals surface area contributed by atoms with E-state index in [0.717, 1.165) is 12.0 Å². The van der Waals surface area contributed by atoms with E-state index in [9.17, 15) is 9.59 Å². The van der Waals surface area contributed by atoms with Crippen molar-refractivity contribution in [3.63, 3.8) is 0 Å². The standard InChI is InChI=1S/C16H23ClN2O3/c1-13(20)19(9-3-11-22-2)10-8-18-16(21)12-14-4-6-15(17)7-5-14/h4-7H,3,8-12H2,1-2H3,(H,18,21). The second-order valence-electron chi connectivity index (χ2n) is 5.01. The Morgan fingerprint density at radius 1 is 1.23 bits per heavy atom. The molecule has 1 aromatic rings. The maximum absolute atomic E-state index is 11.8. The van der Waals surface area contributed by atoms with Crippen molar-refractivity contribution in [1.29, 1.82) is 0 Å². The number of nitrogens with zero attached hydrogens (tertiary/aromatic N) is 1. The van der Waals surface area contributed by atoms with Crippen LogP contribution in [0, 0.1) is 0 Å². The molecule has 0 radical (unpaired) electrons. The normalized spacial score (nSPS) is 10.3. The molecule has 0 heterocycles. The molecule has 6 heteroatoms. The maximum atomic E-state index is 11.8. The van der Waals surface area contributed by atoms with Crippen molar-refractivity contribution in [2.24, 2.45) is 0 Å². The monoisotopic (exact) mass is 326 g/mol. The van der Waals surface area contributed by atoms with Crippen molar-refractivity contribution in [3.05, 3.63) is 34.9 Å². The van der Waals surface area contributed by atoms with E-state index >= 15 is 0 Å². The minimum absolute atomic E-state index is 0.00283. The van der Waals surface area contributed by atoms with E-state index in [1.165, 1.54) is 6.92 Å². The van der Waals surface area contributed by atoms with Gasteiger partial charge in [0, 0.05) is 45.3 Å². The lowest BCUT2D eigenvalue weighted by molar-refractivity contribution is -0.129. The number of halogens is 1. The Kier molecular flexibility index (Phi) is 8.55. The summed E-state index contributed by atoms with van der Waals surface area (Å²) in [5.41, 5.74) is 0.908. The van der Waals surface area contributed by atoms with Crippen LogP contribution < -0.4 is 5.32 Å². The number of hydrogen-bond donors (Lipinski definition) is 1. The molecule has 0 bridgehead atoms. The SMILES string of the molecule is COCCCN(CCNC(=O)Cc1ccc(Cl)cc1)C(C)=O. The fourth-order valence-corrected chi connectivity index (χ4v) is 2.13. The summed E-state index contributed by atoms with van der Waals surface area (Å²) in [5.74, 6) is -0.0641. The van der Waals surface area contributed by atoms with E-state index in [4.69, 9.17) is 16.3 Å². The van der Waals surface area contributed by atoms with Gasteiger partial charge in [-0.15, -0.1) is 0 Å². The molecular weight excluding hydrogens is 304 g/mol. The lowest BCUT2D eigenvalue weighted by atomic mass is 10.1. The van der Waals surface area contributed by atoms with Crippen LogP contribution in [0.2, 0.25) is 5.02 Å². The van der Waals surface area contributed by atoms with Crippen LogP contribution in [0.3, 0.4) is 0 Å². The summed E-state index contributed by atoms with van der Waals surface area (Å²) in [4.78, 5) is 25.0. The molecule has 0 saturated heterocycles. The summed E-state index contributed by atoms with van der Waals surface area (Å²) in [5, 5.41) is 3.47. The highest BCUT2D eigenvalue weighted by atomic mass is 35.5. The maximum Gasteiger partial charge on any atom is 0.224 e. The third kappa shape index (κ3) is 7.43. The number of methoxy groups -OCH3 is 1. The van der Waals surface area contributed by atoms with Gasteiger partial charge in [0.25, 0.3) is 0 Å². The van der Waals surface area contributed by atoms with E-state index in [-0.39, 0.29) is 11.8 Å². The van der Waals surface area contributed by atoms with Gasteiger partial charge in [0.15, 0.2) is 0 Å². The molecule has 2 amide bonds. The highest BCUT2D eigenvalue weighted by Gasteiger charge is 2.09. The Balaban J connectivity index is 2.30. The Labute approximate surface area is 136 Å².